The fraction of sp³-hybridized carbons (Fsp3) is 0.300. The number of morpholine rings is 1. The van der Waals surface area contributed by atoms with Crippen molar-refractivity contribution in [2.75, 3.05) is 26.9 Å². The van der Waals surface area contributed by atoms with Crippen LogP contribution in [0, 0.1) is 0 Å². The smallest absolute Gasteiger partial charge is 0.275 e. The Balaban J connectivity index is 1.59. The van der Waals surface area contributed by atoms with Gasteiger partial charge in [0.2, 0.25) is 0 Å². The molecule has 0 unspecified atom stereocenters. The number of nitrogens with zero attached hydrogens (tertiary/aromatic N) is 4. The third-order valence-corrected chi connectivity index (χ3v) is 7.90. The third kappa shape index (κ3) is 4.58. The molecule has 0 saturated carbocycles. The Bertz CT molecular complexity index is 1560. The van der Waals surface area contributed by atoms with Crippen molar-refractivity contribution in [3.05, 3.63) is 81.7 Å². The number of hydrogen-bond donors (Lipinski definition) is 0. The largest absolute Gasteiger partial charge is 0.496 e. The van der Waals surface area contributed by atoms with Gasteiger partial charge < -0.3 is 14.4 Å². The van der Waals surface area contributed by atoms with E-state index < -0.39 is 5.54 Å². The van der Waals surface area contributed by atoms with Gasteiger partial charge in [0.05, 0.1) is 37.2 Å². The van der Waals surface area contributed by atoms with Crippen LogP contribution in [0.4, 0.5) is 0 Å². The normalized spacial score (nSPS) is 16.0. The lowest BCUT2D eigenvalue weighted by Crippen LogP contribution is -2.55. The molecule has 1 aliphatic carbocycles. The first-order chi connectivity index (χ1) is 18.8. The first kappa shape index (κ1) is 25.9. The average Bonchev–Trinajstić information content (AvgIpc) is 3.32. The van der Waals surface area contributed by atoms with Crippen LogP contribution in [0.3, 0.4) is 0 Å². The van der Waals surface area contributed by atoms with Crippen molar-refractivity contribution >= 4 is 29.1 Å². The number of benzene rings is 2. The summed E-state index contributed by atoms with van der Waals surface area (Å²) in [6.07, 6.45) is 4.98. The third-order valence-electron chi connectivity index (χ3n) is 7.47. The zero-order valence-electron chi connectivity index (χ0n) is 22.0. The summed E-state index contributed by atoms with van der Waals surface area (Å²) < 4.78 is 13.3. The maximum atomic E-state index is 14.1. The molecule has 3 heterocycles. The summed E-state index contributed by atoms with van der Waals surface area (Å²) in [7, 11) is 1.68. The van der Waals surface area contributed by atoms with Crippen molar-refractivity contribution in [2.24, 2.45) is 0 Å². The SMILES string of the molecule is COc1cc2c(cc1-c1cccnc1)-c1c(c(C(=O)N3CCOCC3(C)C)nn1-c1cc(Cl)cc(Cl)c1)CC2. The molecule has 6 rings (SSSR count). The highest BCUT2D eigenvalue weighted by atomic mass is 35.5. The van der Waals surface area contributed by atoms with E-state index in [4.69, 9.17) is 37.8 Å². The van der Waals surface area contributed by atoms with Gasteiger partial charge in [-0.25, -0.2) is 4.68 Å². The summed E-state index contributed by atoms with van der Waals surface area (Å²) in [6.45, 7) is 5.52. The van der Waals surface area contributed by atoms with E-state index in [0.717, 1.165) is 45.7 Å². The van der Waals surface area contributed by atoms with Crippen molar-refractivity contribution in [1.82, 2.24) is 19.7 Å². The zero-order chi connectivity index (χ0) is 27.3. The number of carbonyl (C=O) groups excluding carboxylic acids is 1. The number of aryl methyl sites for hydroxylation is 1. The molecule has 0 radical (unpaired) electrons. The maximum Gasteiger partial charge on any atom is 0.275 e. The molecule has 200 valence electrons. The minimum atomic E-state index is -0.446. The summed E-state index contributed by atoms with van der Waals surface area (Å²) in [5, 5.41) is 5.94. The van der Waals surface area contributed by atoms with Crippen LogP contribution >= 0.6 is 23.2 Å². The molecule has 2 aromatic carbocycles. The van der Waals surface area contributed by atoms with Gasteiger partial charge in [0.15, 0.2) is 5.69 Å². The highest BCUT2D eigenvalue weighted by molar-refractivity contribution is 6.34. The molecule has 1 saturated heterocycles. The number of rotatable bonds is 4. The summed E-state index contributed by atoms with van der Waals surface area (Å²) in [5.74, 6) is 0.671. The van der Waals surface area contributed by atoms with E-state index in [9.17, 15) is 4.79 Å². The van der Waals surface area contributed by atoms with Gasteiger partial charge in [-0.2, -0.15) is 5.10 Å². The van der Waals surface area contributed by atoms with Crippen LogP contribution in [0.25, 0.3) is 28.1 Å². The van der Waals surface area contributed by atoms with Crippen molar-refractivity contribution in [3.8, 4) is 33.8 Å². The van der Waals surface area contributed by atoms with Crippen molar-refractivity contribution in [3.63, 3.8) is 0 Å². The number of carbonyl (C=O) groups is 1. The number of pyridine rings is 1. The van der Waals surface area contributed by atoms with E-state index in [2.05, 4.69) is 17.1 Å². The first-order valence-electron chi connectivity index (χ1n) is 12.9. The van der Waals surface area contributed by atoms with E-state index in [0.29, 0.717) is 47.6 Å². The molecule has 7 nitrogen and oxygen atoms in total. The van der Waals surface area contributed by atoms with E-state index >= 15 is 0 Å². The fourth-order valence-corrected chi connectivity index (χ4v) is 6.09. The molecule has 39 heavy (non-hydrogen) atoms. The molecule has 4 aromatic rings. The Kier molecular flexibility index (Phi) is 6.61. The van der Waals surface area contributed by atoms with Gasteiger partial charge in [0, 0.05) is 51.2 Å². The van der Waals surface area contributed by atoms with Gasteiger partial charge in [0.1, 0.15) is 5.75 Å². The Morgan fingerprint density at radius 2 is 1.87 bits per heavy atom. The van der Waals surface area contributed by atoms with Gasteiger partial charge in [-0.05, 0) is 68.7 Å². The number of aromatic nitrogens is 3. The predicted octanol–water partition coefficient (Wildman–Crippen LogP) is 6.27. The minimum absolute atomic E-state index is 0.101. The molecule has 1 aliphatic heterocycles. The molecule has 0 N–H and O–H groups in total. The standard InChI is InChI=1S/C30H28Cl2N4O3/c1-30(2)17-39-10-9-35(30)29(37)27-23-7-6-18-11-26(38-3)24(19-5-4-8-33-16-19)15-25(18)28(23)36(34-27)22-13-20(31)12-21(32)14-22/h4-5,8,11-16H,6-7,9-10,17H2,1-3H3. The quantitative estimate of drug-likeness (QED) is 0.293. The lowest BCUT2D eigenvalue weighted by atomic mass is 9.86. The second-order valence-corrected chi connectivity index (χ2v) is 11.4. The summed E-state index contributed by atoms with van der Waals surface area (Å²) >= 11 is 12.8. The molecule has 1 fully saturated rings. The van der Waals surface area contributed by atoms with Crippen LogP contribution in [0.5, 0.6) is 5.75 Å². The highest BCUT2D eigenvalue weighted by Crippen LogP contribution is 2.43. The van der Waals surface area contributed by atoms with Crippen molar-refractivity contribution < 1.29 is 14.3 Å². The Morgan fingerprint density at radius 1 is 1.08 bits per heavy atom. The van der Waals surface area contributed by atoms with Crippen molar-refractivity contribution in [2.45, 2.75) is 32.2 Å². The van der Waals surface area contributed by atoms with Gasteiger partial charge in [-0.3, -0.25) is 9.78 Å². The Labute approximate surface area is 237 Å². The molecular weight excluding hydrogens is 535 g/mol. The lowest BCUT2D eigenvalue weighted by molar-refractivity contribution is -0.0373. The van der Waals surface area contributed by atoms with E-state index in [1.807, 2.05) is 53.9 Å². The second-order valence-electron chi connectivity index (χ2n) is 10.5. The monoisotopic (exact) mass is 562 g/mol. The predicted molar refractivity (Wildman–Crippen MR) is 152 cm³/mol. The van der Waals surface area contributed by atoms with E-state index in [-0.39, 0.29) is 5.91 Å². The molecule has 1 amide bonds. The number of halogens is 2. The number of methoxy groups -OCH3 is 1. The highest BCUT2D eigenvalue weighted by Gasteiger charge is 2.38. The summed E-state index contributed by atoms with van der Waals surface area (Å²) in [4.78, 5) is 20.3. The zero-order valence-corrected chi connectivity index (χ0v) is 23.5. The van der Waals surface area contributed by atoms with Crippen molar-refractivity contribution in [1.29, 1.82) is 0 Å². The molecule has 2 aliphatic rings. The van der Waals surface area contributed by atoms with Gasteiger partial charge in [-0.1, -0.05) is 29.3 Å². The molecule has 0 bridgehead atoms. The van der Waals surface area contributed by atoms with Gasteiger partial charge >= 0.3 is 0 Å². The number of amides is 1. The molecule has 2 aromatic heterocycles. The van der Waals surface area contributed by atoms with E-state index in [1.165, 1.54) is 0 Å². The van der Waals surface area contributed by atoms with Crippen LogP contribution in [-0.2, 0) is 17.6 Å². The summed E-state index contributed by atoms with van der Waals surface area (Å²) in [6, 6.07) is 13.4. The van der Waals surface area contributed by atoms with Crippen LogP contribution in [-0.4, -0.2) is 58.0 Å². The first-order valence-corrected chi connectivity index (χ1v) is 13.6. The summed E-state index contributed by atoms with van der Waals surface area (Å²) in [5.41, 5.74) is 6.41. The molecular formula is C30H28Cl2N4O3. The minimum Gasteiger partial charge on any atom is -0.496 e. The van der Waals surface area contributed by atoms with Gasteiger partial charge in [0.25, 0.3) is 5.91 Å². The average molecular weight is 563 g/mol. The molecule has 0 spiro atoms. The maximum absolute atomic E-state index is 14.1. The Morgan fingerprint density at radius 3 is 2.56 bits per heavy atom. The lowest BCUT2D eigenvalue weighted by Gasteiger charge is -2.41. The van der Waals surface area contributed by atoms with Crippen LogP contribution in [0.2, 0.25) is 10.0 Å². The van der Waals surface area contributed by atoms with Gasteiger partial charge in [-0.15, -0.1) is 0 Å². The number of ether oxygens (including phenoxy) is 2. The number of fused-ring (bicyclic) bond motifs is 3. The fourth-order valence-electron chi connectivity index (χ4n) is 5.57. The molecule has 9 heteroatoms. The van der Waals surface area contributed by atoms with Crippen LogP contribution < -0.4 is 4.74 Å². The second kappa shape index (κ2) is 9.97. The molecule has 0 atom stereocenters. The van der Waals surface area contributed by atoms with Crippen LogP contribution in [0.15, 0.2) is 54.9 Å². The van der Waals surface area contributed by atoms with E-state index in [1.54, 1.807) is 19.4 Å². The van der Waals surface area contributed by atoms with Crippen LogP contribution in [0.1, 0.15) is 35.5 Å². The topological polar surface area (TPSA) is 69.5 Å². The number of hydrogen-bond acceptors (Lipinski definition) is 5. The Hall–Kier alpha value is -3.39.